The number of fused-ring (bicyclic) bond motifs is 1. The van der Waals surface area contributed by atoms with E-state index < -0.39 is 0 Å². The van der Waals surface area contributed by atoms with Crippen molar-refractivity contribution in [1.82, 2.24) is 0 Å². The molecular weight excluding hydrogens is 292 g/mol. The quantitative estimate of drug-likeness (QED) is 0.895. The molecule has 3 rings (SSSR count). The van der Waals surface area contributed by atoms with Crippen LogP contribution in [0.1, 0.15) is 50.3 Å². The lowest BCUT2D eigenvalue weighted by molar-refractivity contribution is 0.102. The third-order valence-electron chi connectivity index (χ3n) is 3.99. The fraction of sp³-hybridized carbons (Fsp3) is 0.333. The number of carbonyl (C=O) groups is 1. The van der Waals surface area contributed by atoms with Gasteiger partial charge >= 0.3 is 0 Å². The number of amides is 1. The Kier molecular flexibility index (Phi) is 4.00. The number of rotatable bonds is 2. The van der Waals surface area contributed by atoms with Gasteiger partial charge in [-0.05, 0) is 57.2 Å². The molecule has 0 unspecified atom stereocenters. The van der Waals surface area contributed by atoms with Gasteiger partial charge in [-0.2, -0.15) is 5.26 Å². The molecule has 112 valence electrons. The first-order chi connectivity index (χ1) is 10.6. The predicted molar refractivity (Wildman–Crippen MR) is 89.5 cm³/mol. The summed E-state index contributed by atoms with van der Waals surface area (Å²) in [5.74, 6) is -0.137. The number of benzene rings is 1. The summed E-state index contributed by atoms with van der Waals surface area (Å²) >= 11 is 1.56. The van der Waals surface area contributed by atoms with E-state index in [4.69, 9.17) is 0 Å². The first-order valence-corrected chi connectivity index (χ1v) is 8.34. The van der Waals surface area contributed by atoms with E-state index >= 15 is 0 Å². The van der Waals surface area contributed by atoms with Crippen LogP contribution in [0.3, 0.4) is 0 Å². The highest BCUT2D eigenvalue weighted by molar-refractivity contribution is 7.16. The van der Waals surface area contributed by atoms with Crippen LogP contribution in [0.25, 0.3) is 0 Å². The SMILES string of the molecule is Cc1cc(C)cc(C(=O)Nc2sc3c(c2C#N)CCCC3)c1. The summed E-state index contributed by atoms with van der Waals surface area (Å²) in [6.45, 7) is 3.96. The Bertz CT molecular complexity index is 763. The molecule has 0 bridgehead atoms. The van der Waals surface area contributed by atoms with Crippen LogP contribution in [0.2, 0.25) is 0 Å². The number of carbonyl (C=O) groups excluding carboxylic acids is 1. The molecular formula is C18H18N2OS. The van der Waals surface area contributed by atoms with Crippen LogP contribution in [-0.4, -0.2) is 5.91 Å². The molecule has 1 aliphatic carbocycles. The topological polar surface area (TPSA) is 52.9 Å². The Labute approximate surface area is 134 Å². The second-order valence-electron chi connectivity index (χ2n) is 5.86. The van der Waals surface area contributed by atoms with Gasteiger partial charge in [0.1, 0.15) is 11.1 Å². The lowest BCUT2D eigenvalue weighted by atomic mass is 9.96. The zero-order chi connectivity index (χ0) is 15.7. The van der Waals surface area contributed by atoms with Crippen molar-refractivity contribution in [2.75, 3.05) is 5.32 Å². The van der Waals surface area contributed by atoms with Crippen LogP contribution in [0.15, 0.2) is 18.2 Å². The standard InChI is InChI=1S/C18H18N2OS/c1-11-7-12(2)9-13(8-11)17(21)20-18-15(10-19)14-5-3-4-6-16(14)22-18/h7-9H,3-6H2,1-2H3,(H,20,21). The second-order valence-corrected chi connectivity index (χ2v) is 6.96. The van der Waals surface area contributed by atoms with Crippen LogP contribution in [0, 0.1) is 25.2 Å². The summed E-state index contributed by atoms with van der Waals surface area (Å²) in [5, 5.41) is 13.1. The summed E-state index contributed by atoms with van der Waals surface area (Å²) in [6, 6.07) is 8.08. The van der Waals surface area contributed by atoms with Gasteiger partial charge in [-0.3, -0.25) is 4.79 Å². The first kappa shape index (κ1) is 14.8. The fourth-order valence-corrected chi connectivity index (χ4v) is 4.29. The Morgan fingerprint density at radius 3 is 2.55 bits per heavy atom. The van der Waals surface area contributed by atoms with E-state index in [0.29, 0.717) is 16.1 Å². The molecule has 0 saturated heterocycles. The maximum Gasteiger partial charge on any atom is 0.256 e. The molecule has 0 radical (unpaired) electrons. The number of nitrogens with one attached hydrogen (secondary N) is 1. The van der Waals surface area contributed by atoms with E-state index in [1.165, 1.54) is 11.3 Å². The van der Waals surface area contributed by atoms with E-state index in [-0.39, 0.29) is 5.91 Å². The third-order valence-corrected chi connectivity index (χ3v) is 5.20. The molecule has 0 spiro atoms. The Hall–Kier alpha value is -2.12. The van der Waals surface area contributed by atoms with Crippen molar-refractivity contribution >= 4 is 22.2 Å². The number of anilines is 1. The maximum atomic E-state index is 12.5. The normalized spacial score (nSPS) is 13.3. The Balaban J connectivity index is 1.91. The smallest absolute Gasteiger partial charge is 0.256 e. The molecule has 1 amide bonds. The highest BCUT2D eigenvalue weighted by atomic mass is 32.1. The van der Waals surface area contributed by atoms with Crippen molar-refractivity contribution in [3.8, 4) is 6.07 Å². The van der Waals surface area contributed by atoms with Crippen LogP contribution in [0.5, 0.6) is 0 Å². The van der Waals surface area contributed by atoms with E-state index in [9.17, 15) is 10.1 Å². The van der Waals surface area contributed by atoms with Crippen molar-refractivity contribution in [1.29, 1.82) is 5.26 Å². The minimum Gasteiger partial charge on any atom is -0.312 e. The molecule has 22 heavy (non-hydrogen) atoms. The molecule has 1 aliphatic rings. The molecule has 1 aromatic carbocycles. The Morgan fingerprint density at radius 2 is 1.86 bits per heavy atom. The number of hydrogen-bond donors (Lipinski definition) is 1. The zero-order valence-electron chi connectivity index (χ0n) is 12.8. The Morgan fingerprint density at radius 1 is 1.18 bits per heavy atom. The highest BCUT2D eigenvalue weighted by Crippen LogP contribution is 2.37. The molecule has 4 heteroatoms. The fourth-order valence-electron chi connectivity index (χ4n) is 3.05. The predicted octanol–water partition coefficient (Wildman–Crippen LogP) is 4.37. The number of hydrogen-bond acceptors (Lipinski definition) is 3. The minimum atomic E-state index is -0.137. The van der Waals surface area contributed by atoms with Gasteiger partial charge in [0, 0.05) is 10.4 Å². The molecule has 1 N–H and O–H groups in total. The van der Waals surface area contributed by atoms with Gasteiger partial charge in [-0.15, -0.1) is 11.3 Å². The monoisotopic (exact) mass is 310 g/mol. The largest absolute Gasteiger partial charge is 0.312 e. The van der Waals surface area contributed by atoms with Crippen molar-refractivity contribution < 1.29 is 4.79 Å². The average molecular weight is 310 g/mol. The van der Waals surface area contributed by atoms with E-state index in [0.717, 1.165) is 36.0 Å². The van der Waals surface area contributed by atoms with Crippen molar-refractivity contribution in [3.05, 3.63) is 50.9 Å². The lowest BCUT2D eigenvalue weighted by Gasteiger charge is -2.09. The van der Waals surface area contributed by atoms with Crippen molar-refractivity contribution in [2.45, 2.75) is 39.5 Å². The van der Waals surface area contributed by atoms with Crippen LogP contribution in [-0.2, 0) is 12.8 Å². The number of nitrogens with zero attached hydrogens (tertiary/aromatic N) is 1. The van der Waals surface area contributed by atoms with Crippen molar-refractivity contribution in [3.63, 3.8) is 0 Å². The number of aryl methyl sites for hydroxylation is 3. The molecule has 0 fully saturated rings. The molecule has 0 saturated carbocycles. The summed E-state index contributed by atoms with van der Waals surface area (Å²) in [5.41, 5.74) is 4.59. The van der Waals surface area contributed by atoms with Crippen LogP contribution >= 0.6 is 11.3 Å². The molecule has 1 aromatic heterocycles. The van der Waals surface area contributed by atoms with Gasteiger partial charge in [-0.25, -0.2) is 0 Å². The van der Waals surface area contributed by atoms with E-state index in [2.05, 4.69) is 11.4 Å². The molecule has 2 aromatic rings. The number of thiophene rings is 1. The minimum absolute atomic E-state index is 0.137. The third kappa shape index (κ3) is 2.77. The van der Waals surface area contributed by atoms with Gasteiger partial charge in [0.25, 0.3) is 5.91 Å². The van der Waals surface area contributed by atoms with Crippen LogP contribution < -0.4 is 5.32 Å². The summed E-state index contributed by atoms with van der Waals surface area (Å²) in [6.07, 6.45) is 4.27. The summed E-state index contributed by atoms with van der Waals surface area (Å²) in [7, 11) is 0. The first-order valence-electron chi connectivity index (χ1n) is 7.53. The van der Waals surface area contributed by atoms with Gasteiger partial charge in [0.05, 0.1) is 5.56 Å². The van der Waals surface area contributed by atoms with Gasteiger partial charge in [0.15, 0.2) is 0 Å². The van der Waals surface area contributed by atoms with E-state index in [1.807, 2.05) is 32.0 Å². The van der Waals surface area contributed by atoms with Crippen molar-refractivity contribution in [2.24, 2.45) is 0 Å². The average Bonchev–Trinajstić information content (AvgIpc) is 2.83. The molecule has 0 aliphatic heterocycles. The van der Waals surface area contributed by atoms with Crippen LogP contribution in [0.4, 0.5) is 5.00 Å². The van der Waals surface area contributed by atoms with Gasteiger partial charge in [0.2, 0.25) is 0 Å². The van der Waals surface area contributed by atoms with Gasteiger partial charge < -0.3 is 5.32 Å². The lowest BCUT2D eigenvalue weighted by Crippen LogP contribution is -2.12. The summed E-state index contributed by atoms with van der Waals surface area (Å²) < 4.78 is 0. The zero-order valence-corrected chi connectivity index (χ0v) is 13.6. The molecule has 1 heterocycles. The van der Waals surface area contributed by atoms with Gasteiger partial charge in [-0.1, -0.05) is 17.2 Å². The number of nitriles is 1. The molecule has 0 atom stereocenters. The van der Waals surface area contributed by atoms with E-state index in [1.54, 1.807) is 11.3 Å². The summed E-state index contributed by atoms with van der Waals surface area (Å²) in [4.78, 5) is 13.7. The molecule has 3 nitrogen and oxygen atoms in total. The second kappa shape index (κ2) is 5.94. The highest BCUT2D eigenvalue weighted by Gasteiger charge is 2.22. The maximum absolute atomic E-state index is 12.5.